The Kier molecular flexibility index (Phi) is 4.34. The van der Waals surface area contributed by atoms with E-state index in [4.69, 9.17) is 22.1 Å². The molecule has 5 nitrogen and oxygen atoms in total. The minimum Gasteiger partial charge on any atom is -0.389 e. The van der Waals surface area contributed by atoms with E-state index in [1.54, 1.807) is 19.3 Å². The van der Waals surface area contributed by atoms with E-state index < -0.39 is 11.3 Å². The number of anilines is 1. The van der Waals surface area contributed by atoms with E-state index in [0.717, 1.165) is 5.69 Å². The molecule has 1 aromatic heterocycles. The van der Waals surface area contributed by atoms with Crippen LogP contribution in [0.5, 0.6) is 0 Å². The fourth-order valence-electron chi connectivity index (χ4n) is 1.19. The van der Waals surface area contributed by atoms with Gasteiger partial charge in [-0.05, 0) is 13.0 Å². The molecular formula is C9H13N3O2S2. The van der Waals surface area contributed by atoms with Crippen LogP contribution in [0.2, 0.25) is 0 Å². The third-order valence-corrected chi connectivity index (χ3v) is 3.14. The van der Waals surface area contributed by atoms with Crippen molar-refractivity contribution < 1.29 is 8.39 Å². The van der Waals surface area contributed by atoms with Crippen molar-refractivity contribution in [2.75, 3.05) is 18.5 Å². The largest absolute Gasteiger partial charge is 0.389 e. The van der Waals surface area contributed by atoms with Gasteiger partial charge < -0.3 is 5.73 Å². The van der Waals surface area contributed by atoms with Gasteiger partial charge in [-0.1, -0.05) is 12.2 Å². The molecule has 0 saturated carbocycles. The molecule has 0 saturated heterocycles. The van der Waals surface area contributed by atoms with Gasteiger partial charge in [0.15, 0.2) is 0 Å². The maximum absolute atomic E-state index is 11.5. The highest BCUT2D eigenvalue weighted by Gasteiger charge is 2.15. The first-order valence-electron chi connectivity index (χ1n) is 4.44. The van der Waals surface area contributed by atoms with Crippen LogP contribution in [0.4, 0.5) is 5.69 Å². The fourth-order valence-corrected chi connectivity index (χ4v) is 1.88. The second kappa shape index (κ2) is 5.33. The van der Waals surface area contributed by atoms with Crippen LogP contribution in [0.3, 0.4) is 0 Å². The van der Waals surface area contributed by atoms with E-state index in [1.165, 1.54) is 11.4 Å². The summed E-state index contributed by atoms with van der Waals surface area (Å²) >= 11 is 3.34. The zero-order valence-corrected chi connectivity index (χ0v) is 10.9. The molecule has 2 N–H and O–H groups in total. The molecule has 1 aromatic rings. The van der Waals surface area contributed by atoms with Crippen molar-refractivity contribution in [3.05, 3.63) is 23.5 Å². The van der Waals surface area contributed by atoms with Crippen LogP contribution >= 0.6 is 12.2 Å². The first kappa shape index (κ1) is 13.0. The van der Waals surface area contributed by atoms with Gasteiger partial charge in [0.2, 0.25) is 0 Å². The van der Waals surface area contributed by atoms with Crippen molar-refractivity contribution >= 4 is 34.2 Å². The lowest BCUT2D eigenvalue weighted by molar-refractivity contribution is 0.444. The van der Waals surface area contributed by atoms with E-state index in [1.807, 2.05) is 6.92 Å². The highest BCUT2D eigenvalue weighted by atomic mass is 32.2. The number of rotatable bonds is 4. The number of thiocarbonyl (C=S) groups is 1. The monoisotopic (exact) mass is 259 g/mol. The number of hydrogen-bond acceptors (Lipinski definition) is 4. The van der Waals surface area contributed by atoms with E-state index >= 15 is 0 Å². The van der Waals surface area contributed by atoms with Gasteiger partial charge in [-0.3, -0.25) is 13.5 Å². The van der Waals surface area contributed by atoms with E-state index in [0.29, 0.717) is 11.3 Å². The molecule has 0 spiro atoms. The maximum atomic E-state index is 11.5. The Hall–Kier alpha value is -1.05. The van der Waals surface area contributed by atoms with Crippen molar-refractivity contribution in [2.45, 2.75) is 6.92 Å². The number of nitrogens with zero attached hydrogens (tertiary/aromatic N) is 2. The van der Waals surface area contributed by atoms with Crippen LogP contribution in [0, 0.1) is 6.92 Å². The fraction of sp³-hybridized carbons (Fsp3) is 0.333. The SMILES string of the molecule is COS(=O)N(C)c1cc(C)ncc1C(N)=S. The minimum absolute atomic E-state index is 0.211. The summed E-state index contributed by atoms with van der Waals surface area (Å²) in [6.45, 7) is 1.83. The van der Waals surface area contributed by atoms with Crippen molar-refractivity contribution in [3.8, 4) is 0 Å². The van der Waals surface area contributed by atoms with Gasteiger partial charge >= 0.3 is 0 Å². The predicted octanol–water partition coefficient (Wildman–Crippen LogP) is 0.686. The van der Waals surface area contributed by atoms with Crippen molar-refractivity contribution in [2.24, 2.45) is 5.73 Å². The van der Waals surface area contributed by atoms with Gasteiger partial charge in [-0.15, -0.1) is 0 Å². The molecule has 0 amide bonds. The third kappa shape index (κ3) is 2.75. The van der Waals surface area contributed by atoms with Crippen LogP contribution < -0.4 is 10.0 Å². The number of nitrogens with two attached hydrogens (primary N) is 1. The van der Waals surface area contributed by atoms with E-state index in [-0.39, 0.29) is 4.99 Å². The van der Waals surface area contributed by atoms with Crippen LogP contribution in [0.25, 0.3) is 0 Å². The standard InChI is InChI=1S/C9H13N3O2S2/c1-6-4-8(12(2)16(13)14-3)7(5-11-6)9(10)15/h4-5H,1-3H3,(H2,10,15). The molecule has 1 atom stereocenters. The van der Waals surface area contributed by atoms with Crippen molar-refractivity contribution in [1.29, 1.82) is 0 Å². The lowest BCUT2D eigenvalue weighted by atomic mass is 10.2. The summed E-state index contributed by atoms with van der Waals surface area (Å²) in [5.41, 5.74) is 7.57. The Bertz CT molecular complexity index is 437. The average Bonchev–Trinajstić information content (AvgIpc) is 2.26. The molecule has 0 aliphatic rings. The summed E-state index contributed by atoms with van der Waals surface area (Å²) in [4.78, 5) is 4.31. The van der Waals surface area contributed by atoms with Crippen LogP contribution in [0.1, 0.15) is 11.3 Å². The van der Waals surface area contributed by atoms with Gasteiger partial charge in [0.25, 0.3) is 11.3 Å². The van der Waals surface area contributed by atoms with Crippen LogP contribution in [-0.2, 0) is 15.4 Å². The van der Waals surface area contributed by atoms with Crippen molar-refractivity contribution in [3.63, 3.8) is 0 Å². The molecule has 1 unspecified atom stereocenters. The summed E-state index contributed by atoms with van der Waals surface area (Å²) in [6.07, 6.45) is 1.57. The lowest BCUT2D eigenvalue weighted by Gasteiger charge is -2.19. The number of aromatic nitrogens is 1. The lowest BCUT2D eigenvalue weighted by Crippen LogP contribution is -2.25. The molecule has 0 fully saturated rings. The Morgan fingerprint density at radius 1 is 1.69 bits per heavy atom. The normalized spacial score (nSPS) is 12.2. The molecular weight excluding hydrogens is 246 g/mol. The molecule has 0 aliphatic heterocycles. The summed E-state index contributed by atoms with van der Waals surface area (Å²) < 4.78 is 17.7. The predicted molar refractivity (Wildman–Crippen MR) is 68.4 cm³/mol. The molecule has 16 heavy (non-hydrogen) atoms. The molecule has 0 aromatic carbocycles. The molecule has 88 valence electrons. The summed E-state index contributed by atoms with van der Waals surface area (Å²) in [5, 5.41) is 0. The van der Waals surface area contributed by atoms with Crippen LogP contribution in [-0.4, -0.2) is 28.3 Å². The smallest absolute Gasteiger partial charge is 0.263 e. The molecule has 0 aliphatic carbocycles. The summed E-state index contributed by atoms with van der Waals surface area (Å²) in [5.74, 6) is 0. The molecule has 7 heteroatoms. The summed E-state index contributed by atoms with van der Waals surface area (Å²) in [7, 11) is 3.00. The van der Waals surface area contributed by atoms with Gasteiger partial charge in [0.1, 0.15) is 4.99 Å². The average molecular weight is 259 g/mol. The van der Waals surface area contributed by atoms with Gasteiger partial charge in [-0.2, -0.15) is 0 Å². The highest BCUT2D eigenvalue weighted by Crippen LogP contribution is 2.21. The topological polar surface area (TPSA) is 68.5 Å². The molecule has 1 heterocycles. The Balaban J connectivity index is 3.24. The van der Waals surface area contributed by atoms with Crippen LogP contribution in [0.15, 0.2) is 12.3 Å². The molecule has 0 bridgehead atoms. The minimum atomic E-state index is -1.57. The zero-order valence-electron chi connectivity index (χ0n) is 9.26. The summed E-state index contributed by atoms with van der Waals surface area (Å²) in [6, 6.07) is 1.76. The Labute approximate surface area is 102 Å². The third-order valence-electron chi connectivity index (χ3n) is 1.99. The first-order chi connectivity index (χ1) is 7.47. The van der Waals surface area contributed by atoms with Gasteiger partial charge in [-0.25, -0.2) is 4.21 Å². The van der Waals surface area contributed by atoms with Crippen molar-refractivity contribution in [1.82, 2.24) is 4.98 Å². The van der Waals surface area contributed by atoms with Gasteiger partial charge in [0.05, 0.1) is 18.4 Å². The molecule has 1 rings (SSSR count). The first-order valence-corrected chi connectivity index (χ1v) is 5.88. The maximum Gasteiger partial charge on any atom is 0.263 e. The number of aryl methyl sites for hydroxylation is 1. The second-order valence-electron chi connectivity index (χ2n) is 3.09. The Morgan fingerprint density at radius 3 is 2.81 bits per heavy atom. The quantitative estimate of drug-likeness (QED) is 0.806. The van der Waals surface area contributed by atoms with E-state index in [9.17, 15) is 4.21 Å². The Morgan fingerprint density at radius 2 is 2.31 bits per heavy atom. The van der Waals surface area contributed by atoms with Gasteiger partial charge in [0, 0.05) is 18.9 Å². The zero-order chi connectivity index (χ0) is 12.3. The number of hydrogen-bond donors (Lipinski definition) is 1. The number of pyridine rings is 1. The van der Waals surface area contributed by atoms with E-state index in [2.05, 4.69) is 4.98 Å². The highest BCUT2D eigenvalue weighted by molar-refractivity contribution is 7.81. The second-order valence-corrected chi connectivity index (χ2v) is 4.84. The molecule has 0 radical (unpaired) electrons.